The maximum absolute atomic E-state index is 13.4. The molecule has 0 aromatic heterocycles. The first-order valence-corrected chi connectivity index (χ1v) is 5.96. The summed E-state index contributed by atoms with van der Waals surface area (Å²) in [5, 5.41) is 0. The highest BCUT2D eigenvalue weighted by molar-refractivity contribution is 6.63. The van der Waals surface area contributed by atoms with E-state index in [2.05, 4.69) is 0 Å². The molecule has 0 saturated carbocycles. The van der Waals surface area contributed by atoms with Gasteiger partial charge in [-0.05, 0) is 45.9 Å². The Kier molecular flexibility index (Phi) is 3.15. The van der Waals surface area contributed by atoms with Gasteiger partial charge < -0.3 is 14.0 Å². The minimum Gasteiger partial charge on any atom is -0.497 e. The predicted octanol–water partition coefficient (Wildman–Crippen LogP) is 2.13. The zero-order valence-corrected chi connectivity index (χ0v) is 11.4. The van der Waals surface area contributed by atoms with Crippen molar-refractivity contribution in [3.8, 4) is 5.75 Å². The van der Waals surface area contributed by atoms with Crippen LogP contribution in [0.15, 0.2) is 18.2 Å². The van der Waals surface area contributed by atoms with Crippen molar-refractivity contribution in [2.45, 2.75) is 38.9 Å². The Morgan fingerprint density at radius 2 is 1.67 bits per heavy atom. The highest BCUT2D eigenvalue weighted by Gasteiger charge is 2.52. The fourth-order valence-corrected chi connectivity index (χ4v) is 1.86. The van der Waals surface area contributed by atoms with Crippen LogP contribution in [0.1, 0.15) is 27.7 Å². The van der Waals surface area contributed by atoms with Crippen LogP contribution in [0.2, 0.25) is 0 Å². The largest absolute Gasteiger partial charge is 0.498 e. The first-order chi connectivity index (χ1) is 8.27. The highest BCUT2D eigenvalue weighted by Crippen LogP contribution is 2.37. The summed E-state index contributed by atoms with van der Waals surface area (Å²) < 4.78 is 30.3. The van der Waals surface area contributed by atoms with Gasteiger partial charge >= 0.3 is 7.12 Å². The van der Waals surface area contributed by atoms with Crippen molar-refractivity contribution in [1.29, 1.82) is 0 Å². The van der Waals surface area contributed by atoms with Gasteiger partial charge in [0.05, 0.1) is 18.3 Å². The van der Waals surface area contributed by atoms with E-state index in [4.69, 9.17) is 14.0 Å². The lowest BCUT2D eigenvalue weighted by molar-refractivity contribution is 0.00578. The summed E-state index contributed by atoms with van der Waals surface area (Å²) in [6, 6.07) is 4.32. The Morgan fingerprint density at radius 1 is 1.11 bits per heavy atom. The number of benzene rings is 1. The van der Waals surface area contributed by atoms with Crippen LogP contribution >= 0.6 is 0 Å². The van der Waals surface area contributed by atoms with Crippen LogP contribution < -0.4 is 10.2 Å². The number of ether oxygens (including phenoxy) is 1. The van der Waals surface area contributed by atoms with Crippen molar-refractivity contribution in [2.75, 3.05) is 7.11 Å². The minimum absolute atomic E-state index is 0.333. The maximum Gasteiger partial charge on any atom is 0.498 e. The molecule has 1 saturated heterocycles. The first kappa shape index (κ1) is 13.4. The SMILES string of the molecule is COc1ccc(F)cc1B1OC(C)(C)C(C)(C)O1. The van der Waals surface area contributed by atoms with Crippen molar-refractivity contribution in [1.82, 2.24) is 0 Å². The third kappa shape index (κ3) is 2.13. The molecule has 0 radical (unpaired) electrons. The molecule has 1 fully saturated rings. The highest BCUT2D eigenvalue weighted by atomic mass is 19.1. The average Bonchev–Trinajstić information content (AvgIpc) is 2.48. The Morgan fingerprint density at radius 3 is 2.17 bits per heavy atom. The van der Waals surface area contributed by atoms with Gasteiger partial charge in [-0.2, -0.15) is 0 Å². The lowest BCUT2D eigenvalue weighted by atomic mass is 9.78. The lowest BCUT2D eigenvalue weighted by Gasteiger charge is -2.32. The van der Waals surface area contributed by atoms with Gasteiger partial charge in [-0.25, -0.2) is 4.39 Å². The molecule has 1 aliphatic rings. The van der Waals surface area contributed by atoms with E-state index in [-0.39, 0.29) is 5.82 Å². The molecule has 0 aliphatic carbocycles. The van der Waals surface area contributed by atoms with E-state index in [9.17, 15) is 4.39 Å². The standard InChI is InChI=1S/C13H18BFO3/c1-12(2)13(3,4)18-14(17-12)10-8-9(15)6-7-11(10)16-5/h6-8H,1-5H3. The molecule has 1 aromatic carbocycles. The molecule has 1 aliphatic heterocycles. The number of hydrogen-bond acceptors (Lipinski definition) is 3. The van der Waals surface area contributed by atoms with Crippen LogP contribution in [0, 0.1) is 5.82 Å². The molecule has 1 aromatic rings. The Balaban J connectivity index is 2.37. The molecule has 0 spiro atoms. The molecule has 1 heterocycles. The van der Waals surface area contributed by atoms with Gasteiger partial charge in [-0.3, -0.25) is 0 Å². The van der Waals surface area contributed by atoms with Crippen molar-refractivity contribution in [3.63, 3.8) is 0 Å². The van der Waals surface area contributed by atoms with Crippen molar-refractivity contribution in [2.24, 2.45) is 0 Å². The van der Waals surface area contributed by atoms with Gasteiger partial charge in [0.1, 0.15) is 11.6 Å². The molecule has 0 N–H and O–H groups in total. The van der Waals surface area contributed by atoms with E-state index in [1.165, 1.54) is 12.1 Å². The number of hydrogen-bond donors (Lipinski definition) is 0. The summed E-state index contributed by atoms with van der Waals surface area (Å²) >= 11 is 0. The zero-order chi connectivity index (χ0) is 13.6. The van der Waals surface area contributed by atoms with Crippen molar-refractivity contribution in [3.05, 3.63) is 24.0 Å². The Labute approximate surface area is 107 Å². The third-order valence-electron chi connectivity index (χ3n) is 3.70. The number of halogens is 1. The van der Waals surface area contributed by atoms with Crippen LogP contribution in [-0.2, 0) is 9.31 Å². The van der Waals surface area contributed by atoms with Gasteiger partial charge in [0, 0.05) is 5.46 Å². The fourth-order valence-electron chi connectivity index (χ4n) is 1.86. The molecule has 98 valence electrons. The molecule has 0 unspecified atom stereocenters. The van der Waals surface area contributed by atoms with E-state index in [0.29, 0.717) is 11.2 Å². The predicted molar refractivity (Wildman–Crippen MR) is 68.7 cm³/mol. The van der Waals surface area contributed by atoms with Crippen LogP contribution in [0.4, 0.5) is 4.39 Å². The summed E-state index contributed by atoms with van der Waals surface area (Å²) in [5.74, 6) is 0.232. The molecular weight excluding hydrogens is 234 g/mol. The summed E-state index contributed by atoms with van der Waals surface area (Å²) in [6.45, 7) is 7.83. The maximum atomic E-state index is 13.4. The van der Waals surface area contributed by atoms with Crippen LogP contribution in [0.5, 0.6) is 5.75 Å². The van der Waals surface area contributed by atoms with Gasteiger partial charge in [0.25, 0.3) is 0 Å². The van der Waals surface area contributed by atoms with Crippen LogP contribution in [0.3, 0.4) is 0 Å². The zero-order valence-electron chi connectivity index (χ0n) is 11.4. The molecule has 2 rings (SSSR count). The molecule has 0 amide bonds. The summed E-state index contributed by atoms with van der Waals surface area (Å²) in [5.41, 5.74) is -0.319. The topological polar surface area (TPSA) is 27.7 Å². The van der Waals surface area contributed by atoms with E-state index >= 15 is 0 Å². The van der Waals surface area contributed by atoms with Gasteiger partial charge in [0.15, 0.2) is 0 Å². The van der Waals surface area contributed by atoms with Gasteiger partial charge in [0.2, 0.25) is 0 Å². The Bertz CT molecular complexity index is 444. The normalized spacial score (nSPS) is 21.1. The average molecular weight is 252 g/mol. The Hall–Kier alpha value is -1.07. The second-order valence-electron chi connectivity index (χ2n) is 5.47. The number of methoxy groups -OCH3 is 1. The van der Waals surface area contributed by atoms with Crippen LogP contribution in [-0.4, -0.2) is 25.4 Å². The number of rotatable bonds is 2. The van der Waals surface area contributed by atoms with Crippen LogP contribution in [0.25, 0.3) is 0 Å². The lowest BCUT2D eigenvalue weighted by Crippen LogP contribution is -2.41. The smallest absolute Gasteiger partial charge is 0.497 e. The fraction of sp³-hybridized carbons (Fsp3) is 0.538. The minimum atomic E-state index is -0.611. The van der Waals surface area contributed by atoms with Gasteiger partial charge in [-0.15, -0.1) is 0 Å². The summed E-state index contributed by atoms with van der Waals surface area (Å²) in [6.07, 6.45) is 0. The molecule has 18 heavy (non-hydrogen) atoms. The molecule has 5 heteroatoms. The van der Waals surface area contributed by atoms with E-state index < -0.39 is 18.3 Å². The molecule has 3 nitrogen and oxygen atoms in total. The molecular formula is C13H18BFO3. The first-order valence-electron chi connectivity index (χ1n) is 5.96. The third-order valence-corrected chi connectivity index (χ3v) is 3.70. The summed E-state index contributed by atoms with van der Waals surface area (Å²) in [7, 11) is 0.933. The monoisotopic (exact) mass is 252 g/mol. The second kappa shape index (κ2) is 4.25. The summed E-state index contributed by atoms with van der Waals surface area (Å²) in [4.78, 5) is 0. The second-order valence-corrected chi connectivity index (χ2v) is 5.47. The van der Waals surface area contributed by atoms with Gasteiger partial charge in [-0.1, -0.05) is 0 Å². The van der Waals surface area contributed by atoms with E-state index in [1.807, 2.05) is 27.7 Å². The van der Waals surface area contributed by atoms with E-state index in [0.717, 1.165) is 0 Å². The van der Waals surface area contributed by atoms with Crippen molar-refractivity contribution >= 4 is 12.6 Å². The van der Waals surface area contributed by atoms with Crippen molar-refractivity contribution < 1.29 is 18.4 Å². The quantitative estimate of drug-likeness (QED) is 0.754. The molecule has 0 bridgehead atoms. The molecule has 0 atom stereocenters. The van der Waals surface area contributed by atoms with E-state index in [1.54, 1.807) is 13.2 Å².